The van der Waals surface area contributed by atoms with Crippen LogP contribution in [0.5, 0.6) is 0 Å². The topological polar surface area (TPSA) is 78.9 Å². The highest BCUT2D eigenvalue weighted by Crippen LogP contribution is 2.13. The summed E-state index contributed by atoms with van der Waals surface area (Å²) in [5.74, 6) is -1.05. The van der Waals surface area contributed by atoms with Gasteiger partial charge in [0, 0.05) is 19.3 Å². The summed E-state index contributed by atoms with van der Waals surface area (Å²) in [4.78, 5) is 38.1. The third-order valence-electron chi connectivity index (χ3n) is 10.9. The first-order valence-electron chi connectivity index (χ1n) is 27.4. The molecule has 0 N–H and O–H groups in total. The molecule has 1 atom stereocenters. The second-order valence-electron chi connectivity index (χ2n) is 17.5. The largest absolute Gasteiger partial charge is 0.462 e. The van der Waals surface area contributed by atoms with Crippen LogP contribution in [0.3, 0.4) is 0 Å². The first-order chi connectivity index (χ1) is 34.0. The molecule has 6 heteroatoms. The molecule has 0 bridgehead atoms. The van der Waals surface area contributed by atoms with Crippen molar-refractivity contribution in [1.82, 2.24) is 0 Å². The van der Waals surface area contributed by atoms with Crippen LogP contribution in [-0.4, -0.2) is 37.2 Å². The lowest BCUT2D eigenvalue weighted by molar-refractivity contribution is -0.166. The van der Waals surface area contributed by atoms with Crippen molar-refractivity contribution in [2.75, 3.05) is 13.2 Å². The number of hydrogen-bond donors (Lipinski definition) is 0. The molecule has 0 fully saturated rings. The van der Waals surface area contributed by atoms with E-state index in [1.54, 1.807) is 0 Å². The van der Waals surface area contributed by atoms with Crippen molar-refractivity contribution in [1.29, 1.82) is 0 Å². The van der Waals surface area contributed by atoms with Crippen molar-refractivity contribution >= 4 is 17.9 Å². The van der Waals surface area contributed by atoms with Crippen molar-refractivity contribution in [3.05, 3.63) is 146 Å². The second-order valence-corrected chi connectivity index (χ2v) is 17.5. The summed E-state index contributed by atoms with van der Waals surface area (Å²) in [6.07, 6.45) is 79.7. The fourth-order valence-corrected chi connectivity index (χ4v) is 6.84. The Balaban J connectivity index is 4.59. The minimum atomic E-state index is -0.830. The summed E-state index contributed by atoms with van der Waals surface area (Å²) in [7, 11) is 0. The summed E-state index contributed by atoms with van der Waals surface area (Å²) in [6.45, 7) is 6.30. The quantitative estimate of drug-likeness (QED) is 0.0199. The normalized spacial score (nSPS) is 13.3. The Morgan fingerprint density at radius 1 is 0.319 bits per heavy atom. The van der Waals surface area contributed by atoms with Crippen LogP contribution < -0.4 is 0 Å². The highest BCUT2D eigenvalue weighted by molar-refractivity contribution is 5.71. The SMILES string of the molecule is CC/C=C\C/C=C\C/C=C\C/C=C\C/C=C\CCC(=O)OCC(COC(=O)CCCCCCC\C=C/C=C\C=C/C=C\C=C/CCC)OC(=O)CCCCCCCCC/C=C\C/C=C\CCCCC. The molecule has 0 saturated carbocycles. The monoisotopic (exact) mass is 951 g/mol. The van der Waals surface area contributed by atoms with E-state index in [1.807, 2.05) is 48.6 Å². The summed E-state index contributed by atoms with van der Waals surface area (Å²) in [5, 5.41) is 0. The molecule has 6 nitrogen and oxygen atoms in total. The smallest absolute Gasteiger partial charge is 0.306 e. The molecule has 0 aliphatic carbocycles. The number of carbonyl (C=O) groups excluding carboxylic acids is 3. The molecule has 0 heterocycles. The number of hydrogen-bond acceptors (Lipinski definition) is 6. The van der Waals surface area contributed by atoms with E-state index in [-0.39, 0.29) is 37.5 Å². The second kappa shape index (κ2) is 55.9. The third-order valence-corrected chi connectivity index (χ3v) is 10.9. The molecule has 0 aliphatic heterocycles. The Hall–Kier alpha value is -4.71. The van der Waals surface area contributed by atoms with Crippen molar-refractivity contribution in [2.45, 2.75) is 219 Å². The van der Waals surface area contributed by atoms with Crippen LogP contribution in [0.4, 0.5) is 0 Å². The fraction of sp³-hybridized carbons (Fsp3) is 0.571. The van der Waals surface area contributed by atoms with E-state index < -0.39 is 6.10 Å². The molecule has 0 aromatic carbocycles. The Bertz CT molecular complexity index is 1560. The first kappa shape index (κ1) is 64.3. The average molecular weight is 951 g/mol. The minimum absolute atomic E-state index is 0.124. The van der Waals surface area contributed by atoms with Crippen LogP contribution in [-0.2, 0) is 28.6 Å². The van der Waals surface area contributed by atoms with Gasteiger partial charge in [0.1, 0.15) is 13.2 Å². The van der Waals surface area contributed by atoms with E-state index >= 15 is 0 Å². The number of allylic oxidation sites excluding steroid dienone is 24. The minimum Gasteiger partial charge on any atom is -0.462 e. The maximum atomic E-state index is 12.8. The lowest BCUT2D eigenvalue weighted by atomic mass is 10.1. The first-order valence-corrected chi connectivity index (χ1v) is 27.4. The highest BCUT2D eigenvalue weighted by atomic mass is 16.6. The summed E-state index contributed by atoms with van der Waals surface area (Å²) < 4.78 is 16.7. The van der Waals surface area contributed by atoms with Gasteiger partial charge in [-0.1, -0.05) is 237 Å². The molecule has 0 amide bonds. The number of rotatable bonds is 47. The Labute approximate surface area is 423 Å². The van der Waals surface area contributed by atoms with E-state index in [2.05, 4.69) is 118 Å². The van der Waals surface area contributed by atoms with Crippen molar-refractivity contribution in [3.8, 4) is 0 Å². The van der Waals surface area contributed by atoms with Gasteiger partial charge in [0.05, 0.1) is 0 Å². The van der Waals surface area contributed by atoms with Crippen LogP contribution in [0.2, 0.25) is 0 Å². The molecule has 0 rings (SSSR count). The number of unbranched alkanes of at least 4 members (excludes halogenated alkanes) is 16. The molecule has 0 saturated heterocycles. The molecular formula is C63H98O6. The van der Waals surface area contributed by atoms with Crippen LogP contribution in [0.1, 0.15) is 213 Å². The standard InChI is InChI=1S/C63H98O6/c1-4-7-10-13-16-19-22-25-28-31-33-35-38-41-44-47-50-53-56-62(65)68-59-60(58-67-61(64)55-52-49-46-43-40-37-34-30-27-24-21-18-15-12-9-6-3)69-63(66)57-54-51-48-45-42-39-36-32-29-26-23-20-17-14-11-8-5-2/h9-10,12-13,16-22,25-31,33,35,37,40,46,49,60H,4-8,11,14-15,23-24,32,34,36,38-39,41-45,47-48,50-59H2,1-3H3/b12-9-,13-10-,19-16-,20-17-,21-18-,25-22-,29-26-,30-27-,31-28-,35-33-,40-37-,49-46-. The molecule has 0 spiro atoms. The van der Waals surface area contributed by atoms with Crippen LogP contribution >= 0.6 is 0 Å². The van der Waals surface area contributed by atoms with Crippen LogP contribution in [0, 0.1) is 0 Å². The molecule has 0 aromatic heterocycles. The predicted molar refractivity (Wildman–Crippen MR) is 297 cm³/mol. The fourth-order valence-electron chi connectivity index (χ4n) is 6.84. The highest BCUT2D eigenvalue weighted by Gasteiger charge is 2.19. The van der Waals surface area contributed by atoms with Gasteiger partial charge in [0.25, 0.3) is 0 Å². The molecule has 1 unspecified atom stereocenters. The zero-order valence-electron chi connectivity index (χ0n) is 44.0. The van der Waals surface area contributed by atoms with E-state index in [1.165, 1.54) is 51.4 Å². The summed E-state index contributed by atoms with van der Waals surface area (Å²) in [5.41, 5.74) is 0. The van der Waals surface area contributed by atoms with Crippen molar-refractivity contribution in [2.24, 2.45) is 0 Å². The van der Waals surface area contributed by atoms with Gasteiger partial charge in [-0.3, -0.25) is 14.4 Å². The van der Waals surface area contributed by atoms with Crippen molar-refractivity contribution in [3.63, 3.8) is 0 Å². The van der Waals surface area contributed by atoms with E-state index in [4.69, 9.17) is 14.2 Å². The van der Waals surface area contributed by atoms with Gasteiger partial charge < -0.3 is 14.2 Å². The number of esters is 3. The van der Waals surface area contributed by atoms with E-state index in [0.717, 1.165) is 116 Å². The molecule has 0 aliphatic rings. The number of carbonyl (C=O) groups is 3. The molecule has 0 radical (unpaired) electrons. The lowest BCUT2D eigenvalue weighted by Gasteiger charge is -2.18. The summed E-state index contributed by atoms with van der Waals surface area (Å²) >= 11 is 0. The lowest BCUT2D eigenvalue weighted by Crippen LogP contribution is -2.30. The number of ether oxygens (including phenoxy) is 3. The maximum absolute atomic E-state index is 12.8. The average Bonchev–Trinajstić information content (AvgIpc) is 3.35. The molecular weight excluding hydrogens is 853 g/mol. The zero-order valence-corrected chi connectivity index (χ0v) is 44.0. The Morgan fingerprint density at radius 2 is 0.681 bits per heavy atom. The summed E-state index contributed by atoms with van der Waals surface area (Å²) in [6, 6.07) is 0. The van der Waals surface area contributed by atoms with Gasteiger partial charge in [-0.15, -0.1) is 0 Å². The maximum Gasteiger partial charge on any atom is 0.306 e. The van der Waals surface area contributed by atoms with Crippen molar-refractivity contribution < 1.29 is 28.6 Å². The molecule has 386 valence electrons. The van der Waals surface area contributed by atoms with Gasteiger partial charge in [-0.2, -0.15) is 0 Å². The third kappa shape index (κ3) is 54.1. The van der Waals surface area contributed by atoms with Gasteiger partial charge in [-0.25, -0.2) is 0 Å². The van der Waals surface area contributed by atoms with Gasteiger partial charge in [0.2, 0.25) is 0 Å². The van der Waals surface area contributed by atoms with Crippen LogP contribution in [0.15, 0.2) is 146 Å². The zero-order chi connectivity index (χ0) is 50.0. The Morgan fingerprint density at radius 3 is 1.16 bits per heavy atom. The van der Waals surface area contributed by atoms with E-state index in [0.29, 0.717) is 19.3 Å². The van der Waals surface area contributed by atoms with Gasteiger partial charge >= 0.3 is 17.9 Å². The van der Waals surface area contributed by atoms with Crippen LogP contribution in [0.25, 0.3) is 0 Å². The van der Waals surface area contributed by atoms with Gasteiger partial charge in [0.15, 0.2) is 6.10 Å². The molecule has 0 aromatic rings. The molecule has 69 heavy (non-hydrogen) atoms. The van der Waals surface area contributed by atoms with Gasteiger partial charge in [-0.05, 0) is 103 Å². The van der Waals surface area contributed by atoms with E-state index in [9.17, 15) is 14.4 Å². The Kier molecular flexibility index (Phi) is 52.1. The predicted octanol–water partition coefficient (Wildman–Crippen LogP) is 18.4.